The number of piperidine rings is 1. The molecule has 2 atom stereocenters. The number of thiophene rings is 1. The van der Waals surface area contributed by atoms with Gasteiger partial charge >= 0.3 is 0 Å². The van der Waals surface area contributed by atoms with Crippen molar-refractivity contribution in [3.63, 3.8) is 0 Å². The van der Waals surface area contributed by atoms with Crippen LogP contribution in [-0.4, -0.2) is 47.6 Å². The predicted octanol–water partition coefficient (Wildman–Crippen LogP) is 3.06. The molecule has 3 aromatic rings. The average molecular weight is 441 g/mol. The number of nitrogens with one attached hydrogen (secondary N) is 1. The van der Waals surface area contributed by atoms with Gasteiger partial charge in [-0.15, -0.1) is 11.3 Å². The van der Waals surface area contributed by atoms with Gasteiger partial charge in [0, 0.05) is 25.6 Å². The Labute approximate surface area is 185 Å². The minimum Gasteiger partial charge on any atom is -0.497 e. The van der Waals surface area contributed by atoms with Crippen molar-refractivity contribution in [2.24, 2.45) is 5.92 Å². The second-order valence-electron chi connectivity index (χ2n) is 8.04. The van der Waals surface area contributed by atoms with E-state index in [2.05, 4.69) is 34.4 Å². The van der Waals surface area contributed by atoms with Crippen molar-refractivity contribution < 1.29 is 9.53 Å². The first-order valence-corrected chi connectivity index (χ1v) is 11.5. The molecule has 0 saturated carbocycles. The van der Waals surface area contributed by atoms with Gasteiger partial charge in [0.25, 0.3) is 5.56 Å². The number of aromatic nitrogens is 2. The van der Waals surface area contributed by atoms with Gasteiger partial charge in [-0.3, -0.25) is 19.1 Å². The minimum absolute atomic E-state index is 0.0426. The highest BCUT2D eigenvalue weighted by Gasteiger charge is 2.30. The van der Waals surface area contributed by atoms with Crippen molar-refractivity contribution in [3.05, 3.63) is 58.0 Å². The number of rotatable bonds is 7. The number of fused-ring (bicyclic) bond motifs is 1. The molecule has 1 saturated heterocycles. The fourth-order valence-corrected chi connectivity index (χ4v) is 5.13. The van der Waals surface area contributed by atoms with Crippen molar-refractivity contribution in [2.45, 2.75) is 31.8 Å². The van der Waals surface area contributed by atoms with Crippen LogP contribution in [0.5, 0.6) is 5.75 Å². The summed E-state index contributed by atoms with van der Waals surface area (Å²) in [5, 5.41) is 5.56. The summed E-state index contributed by atoms with van der Waals surface area (Å²) in [5.41, 5.74) is 1.15. The summed E-state index contributed by atoms with van der Waals surface area (Å²) in [6, 6.07) is 10.2. The number of hydrogen-bond acceptors (Lipinski definition) is 6. The van der Waals surface area contributed by atoms with E-state index in [1.807, 2.05) is 17.5 Å². The monoisotopic (exact) mass is 440 g/mol. The molecular formula is C23H28N4O3S. The SMILES string of the molecule is COc1ccc(C2C(CNC(=O)CCn3cnc4sccc4c3=O)CCCN2C)cc1. The lowest BCUT2D eigenvalue weighted by molar-refractivity contribution is -0.121. The summed E-state index contributed by atoms with van der Waals surface area (Å²) in [7, 11) is 3.81. The van der Waals surface area contributed by atoms with Gasteiger partial charge in [0.05, 0.1) is 18.8 Å². The molecule has 1 fully saturated rings. The Bertz CT molecular complexity index is 1090. The van der Waals surface area contributed by atoms with Gasteiger partial charge in [-0.1, -0.05) is 12.1 Å². The molecule has 0 spiro atoms. The van der Waals surface area contributed by atoms with Crippen LogP contribution in [0.3, 0.4) is 0 Å². The highest BCUT2D eigenvalue weighted by atomic mass is 32.1. The summed E-state index contributed by atoms with van der Waals surface area (Å²) >= 11 is 1.44. The van der Waals surface area contributed by atoms with E-state index in [1.165, 1.54) is 27.8 Å². The molecule has 2 unspecified atom stereocenters. The molecule has 8 heteroatoms. The molecule has 4 rings (SSSR count). The first kappa shape index (κ1) is 21.5. The third kappa shape index (κ3) is 4.80. The van der Waals surface area contributed by atoms with Crippen LogP contribution in [-0.2, 0) is 11.3 Å². The molecular weight excluding hydrogens is 412 g/mol. The zero-order chi connectivity index (χ0) is 21.8. The van der Waals surface area contributed by atoms with Crippen molar-refractivity contribution in [2.75, 3.05) is 27.2 Å². The number of aryl methyl sites for hydroxylation is 1. The van der Waals surface area contributed by atoms with E-state index >= 15 is 0 Å². The second kappa shape index (κ2) is 9.62. The highest BCUT2D eigenvalue weighted by Crippen LogP contribution is 2.35. The van der Waals surface area contributed by atoms with Crippen LogP contribution >= 0.6 is 11.3 Å². The Morgan fingerprint density at radius 2 is 2.10 bits per heavy atom. The lowest BCUT2D eigenvalue weighted by Gasteiger charge is -2.39. The molecule has 0 aliphatic carbocycles. The van der Waals surface area contributed by atoms with Crippen LogP contribution in [0.4, 0.5) is 0 Å². The Hall–Kier alpha value is -2.71. The summed E-state index contributed by atoms with van der Waals surface area (Å²) in [5.74, 6) is 1.14. The zero-order valence-corrected chi connectivity index (χ0v) is 18.7. The van der Waals surface area contributed by atoms with E-state index in [0.717, 1.165) is 30.0 Å². The van der Waals surface area contributed by atoms with Crippen LogP contribution in [0.1, 0.15) is 30.9 Å². The van der Waals surface area contributed by atoms with Crippen molar-refractivity contribution >= 4 is 27.5 Å². The van der Waals surface area contributed by atoms with Gasteiger partial charge in [-0.2, -0.15) is 0 Å². The lowest BCUT2D eigenvalue weighted by atomic mass is 9.85. The van der Waals surface area contributed by atoms with Gasteiger partial charge < -0.3 is 10.1 Å². The molecule has 31 heavy (non-hydrogen) atoms. The first-order chi connectivity index (χ1) is 15.1. The van der Waals surface area contributed by atoms with E-state index in [-0.39, 0.29) is 23.9 Å². The van der Waals surface area contributed by atoms with E-state index in [0.29, 0.717) is 24.4 Å². The lowest BCUT2D eigenvalue weighted by Crippen LogP contribution is -2.42. The maximum atomic E-state index is 12.5. The standard InChI is InChI=1S/C23H28N4O3S/c1-26-11-3-4-17(21(26)16-5-7-18(30-2)8-6-16)14-24-20(28)9-12-27-15-25-22-19(23(27)29)10-13-31-22/h5-8,10,13,15,17,21H,3-4,9,11-12,14H2,1-2H3,(H,24,28). The first-order valence-electron chi connectivity index (χ1n) is 10.6. The molecule has 2 aromatic heterocycles. The molecule has 1 aromatic carbocycles. The molecule has 1 aliphatic rings. The number of carbonyl (C=O) groups excluding carboxylic acids is 1. The number of nitrogens with zero attached hydrogens (tertiary/aromatic N) is 3. The Morgan fingerprint density at radius 1 is 1.29 bits per heavy atom. The third-order valence-corrected chi connectivity index (χ3v) is 6.88. The molecule has 1 amide bonds. The summed E-state index contributed by atoms with van der Waals surface area (Å²) < 4.78 is 6.80. The number of amides is 1. The Morgan fingerprint density at radius 3 is 2.87 bits per heavy atom. The predicted molar refractivity (Wildman–Crippen MR) is 123 cm³/mol. The van der Waals surface area contributed by atoms with E-state index in [1.54, 1.807) is 13.2 Å². The van der Waals surface area contributed by atoms with Gasteiger partial charge in [0.1, 0.15) is 10.6 Å². The van der Waals surface area contributed by atoms with Gasteiger partial charge in [-0.05, 0) is 61.5 Å². The van der Waals surface area contributed by atoms with Gasteiger partial charge in [-0.25, -0.2) is 4.98 Å². The van der Waals surface area contributed by atoms with Crippen LogP contribution in [0, 0.1) is 5.92 Å². The summed E-state index contributed by atoms with van der Waals surface area (Å²) in [6.07, 6.45) is 3.97. The Kier molecular flexibility index (Phi) is 6.67. The minimum atomic E-state index is -0.0903. The molecule has 3 heterocycles. The molecule has 164 valence electrons. The maximum Gasteiger partial charge on any atom is 0.262 e. The second-order valence-corrected chi connectivity index (χ2v) is 8.93. The van der Waals surface area contributed by atoms with Crippen LogP contribution in [0.15, 0.2) is 46.8 Å². The Balaban J connectivity index is 1.36. The topological polar surface area (TPSA) is 76.5 Å². The third-order valence-electron chi connectivity index (χ3n) is 6.06. The van der Waals surface area contributed by atoms with E-state index < -0.39 is 0 Å². The fraction of sp³-hybridized carbons (Fsp3) is 0.435. The molecule has 1 aliphatic heterocycles. The van der Waals surface area contributed by atoms with Crippen molar-refractivity contribution in [1.29, 1.82) is 0 Å². The smallest absolute Gasteiger partial charge is 0.262 e. The van der Waals surface area contributed by atoms with E-state index in [9.17, 15) is 9.59 Å². The van der Waals surface area contributed by atoms with Crippen LogP contribution < -0.4 is 15.6 Å². The van der Waals surface area contributed by atoms with Crippen molar-refractivity contribution in [3.8, 4) is 5.75 Å². The summed E-state index contributed by atoms with van der Waals surface area (Å²) in [6.45, 7) is 1.99. The largest absolute Gasteiger partial charge is 0.497 e. The molecule has 1 N–H and O–H groups in total. The van der Waals surface area contributed by atoms with E-state index in [4.69, 9.17) is 4.74 Å². The maximum absolute atomic E-state index is 12.5. The zero-order valence-electron chi connectivity index (χ0n) is 17.9. The molecule has 0 bridgehead atoms. The quantitative estimate of drug-likeness (QED) is 0.611. The fourth-order valence-electron chi connectivity index (χ4n) is 4.41. The normalized spacial score (nSPS) is 19.4. The van der Waals surface area contributed by atoms with Crippen LogP contribution in [0.2, 0.25) is 0 Å². The number of carbonyl (C=O) groups is 1. The number of methoxy groups -OCH3 is 1. The van der Waals surface area contributed by atoms with Crippen LogP contribution in [0.25, 0.3) is 10.2 Å². The van der Waals surface area contributed by atoms with Gasteiger partial charge in [0.2, 0.25) is 5.91 Å². The number of hydrogen-bond donors (Lipinski definition) is 1. The van der Waals surface area contributed by atoms with Crippen molar-refractivity contribution in [1.82, 2.24) is 19.8 Å². The highest BCUT2D eigenvalue weighted by molar-refractivity contribution is 7.16. The number of ether oxygens (including phenoxy) is 1. The molecule has 0 radical (unpaired) electrons. The number of benzene rings is 1. The van der Waals surface area contributed by atoms with Gasteiger partial charge in [0.15, 0.2) is 0 Å². The molecule has 7 nitrogen and oxygen atoms in total. The average Bonchev–Trinajstić information content (AvgIpc) is 3.27. The number of likely N-dealkylation sites (tertiary alicyclic amines) is 1. The summed E-state index contributed by atoms with van der Waals surface area (Å²) in [4.78, 5) is 32.4.